The maximum Gasteiger partial charge on any atom is 0.141 e. The van der Waals surface area contributed by atoms with Crippen LogP contribution in [0.4, 0.5) is 4.39 Å². The Balaban J connectivity index is 1.98. The molecule has 1 aliphatic heterocycles. The van der Waals surface area contributed by atoms with Gasteiger partial charge in [-0.3, -0.25) is 0 Å². The van der Waals surface area contributed by atoms with Gasteiger partial charge in [-0.1, -0.05) is 0 Å². The first-order chi connectivity index (χ1) is 8.65. The molecule has 2 nitrogen and oxygen atoms in total. The Bertz CT molecular complexity index is 408. The molecule has 1 saturated heterocycles. The third kappa shape index (κ3) is 3.39. The SMILES string of the molecule is Fc1cc(OCC2(CS)CCOCC2)ccc1Br. The van der Waals surface area contributed by atoms with Gasteiger partial charge in [0.1, 0.15) is 11.6 Å². The van der Waals surface area contributed by atoms with Crippen LogP contribution in [-0.4, -0.2) is 25.6 Å². The van der Waals surface area contributed by atoms with E-state index in [4.69, 9.17) is 9.47 Å². The summed E-state index contributed by atoms with van der Waals surface area (Å²) >= 11 is 7.54. The first-order valence-corrected chi connectivity index (χ1v) is 7.34. The molecule has 1 fully saturated rings. The molecule has 5 heteroatoms. The van der Waals surface area contributed by atoms with Crippen LogP contribution in [0.1, 0.15) is 12.8 Å². The van der Waals surface area contributed by atoms with Gasteiger partial charge in [-0.25, -0.2) is 4.39 Å². The predicted octanol–water partition coefficient (Wildman–Crippen LogP) is 3.69. The fourth-order valence-electron chi connectivity index (χ4n) is 1.96. The van der Waals surface area contributed by atoms with E-state index in [-0.39, 0.29) is 11.2 Å². The topological polar surface area (TPSA) is 18.5 Å². The molecule has 0 unspecified atom stereocenters. The van der Waals surface area contributed by atoms with Gasteiger partial charge in [-0.05, 0) is 46.7 Å². The van der Waals surface area contributed by atoms with Crippen LogP contribution in [0.15, 0.2) is 22.7 Å². The molecule has 0 radical (unpaired) electrons. The fraction of sp³-hybridized carbons (Fsp3) is 0.538. The zero-order valence-corrected chi connectivity index (χ0v) is 12.5. The number of hydrogen-bond acceptors (Lipinski definition) is 3. The highest BCUT2D eigenvalue weighted by atomic mass is 79.9. The average Bonchev–Trinajstić information content (AvgIpc) is 2.41. The molecule has 2 rings (SSSR count). The van der Waals surface area contributed by atoms with Gasteiger partial charge >= 0.3 is 0 Å². The number of benzene rings is 1. The van der Waals surface area contributed by atoms with Crippen LogP contribution >= 0.6 is 28.6 Å². The van der Waals surface area contributed by atoms with Gasteiger partial charge in [0.25, 0.3) is 0 Å². The Morgan fingerprint density at radius 1 is 1.39 bits per heavy atom. The van der Waals surface area contributed by atoms with Crippen molar-refractivity contribution in [2.45, 2.75) is 12.8 Å². The van der Waals surface area contributed by atoms with Gasteiger partial charge < -0.3 is 9.47 Å². The summed E-state index contributed by atoms with van der Waals surface area (Å²) in [6.07, 6.45) is 1.88. The minimum atomic E-state index is -0.306. The summed E-state index contributed by atoms with van der Waals surface area (Å²) < 4.78 is 24.9. The van der Waals surface area contributed by atoms with Crippen LogP contribution in [0, 0.1) is 11.2 Å². The zero-order chi connectivity index (χ0) is 13.0. The van der Waals surface area contributed by atoms with Crippen molar-refractivity contribution in [3.63, 3.8) is 0 Å². The van der Waals surface area contributed by atoms with Crippen molar-refractivity contribution >= 4 is 28.6 Å². The summed E-state index contributed by atoms with van der Waals surface area (Å²) in [6, 6.07) is 4.82. The molecule has 0 saturated carbocycles. The first-order valence-electron chi connectivity index (χ1n) is 5.92. The lowest BCUT2D eigenvalue weighted by Crippen LogP contribution is -2.36. The largest absolute Gasteiger partial charge is 0.493 e. The van der Waals surface area contributed by atoms with E-state index in [0.29, 0.717) is 16.8 Å². The standard InChI is InChI=1S/C13H16BrFO2S/c14-11-2-1-10(7-12(11)15)17-8-13(9-18)3-5-16-6-4-13/h1-2,7,18H,3-6,8-9H2. The molecule has 1 aliphatic rings. The maximum absolute atomic E-state index is 13.4. The third-order valence-electron chi connectivity index (χ3n) is 3.32. The van der Waals surface area contributed by atoms with E-state index in [1.807, 2.05) is 0 Å². The van der Waals surface area contributed by atoms with Crippen LogP contribution in [0.3, 0.4) is 0 Å². The van der Waals surface area contributed by atoms with E-state index in [2.05, 4.69) is 28.6 Å². The molecule has 0 aliphatic carbocycles. The molecule has 0 atom stereocenters. The fourth-order valence-corrected chi connectivity index (χ4v) is 2.61. The second-order valence-electron chi connectivity index (χ2n) is 4.64. The van der Waals surface area contributed by atoms with E-state index in [0.717, 1.165) is 31.8 Å². The van der Waals surface area contributed by atoms with E-state index in [9.17, 15) is 4.39 Å². The van der Waals surface area contributed by atoms with Crippen molar-refractivity contribution in [2.75, 3.05) is 25.6 Å². The normalized spacial score (nSPS) is 18.6. The average molecular weight is 335 g/mol. The van der Waals surface area contributed by atoms with Gasteiger partial charge in [0.05, 0.1) is 11.1 Å². The Labute approximate surface area is 120 Å². The van der Waals surface area contributed by atoms with Crippen LogP contribution in [0.5, 0.6) is 5.75 Å². The lowest BCUT2D eigenvalue weighted by Gasteiger charge is -2.35. The summed E-state index contributed by atoms with van der Waals surface area (Å²) in [5, 5.41) is 0. The summed E-state index contributed by atoms with van der Waals surface area (Å²) in [6.45, 7) is 2.05. The molecule has 0 N–H and O–H groups in total. The Hall–Kier alpha value is -0.260. The molecular weight excluding hydrogens is 319 g/mol. The number of ether oxygens (including phenoxy) is 2. The van der Waals surface area contributed by atoms with Crippen molar-refractivity contribution in [2.24, 2.45) is 5.41 Å². The molecule has 0 aromatic heterocycles. The molecule has 0 spiro atoms. The second-order valence-corrected chi connectivity index (χ2v) is 5.81. The summed E-state index contributed by atoms with van der Waals surface area (Å²) in [7, 11) is 0. The van der Waals surface area contributed by atoms with E-state index in [1.54, 1.807) is 12.1 Å². The number of rotatable bonds is 4. The van der Waals surface area contributed by atoms with Crippen LogP contribution in [-0.2, 0) is 4.74 Å². The van der Waals surface area contributed by atoms with Crippen LogP contribution in [0.25, 0.3) is 0 Å². The maximum atomic E-state index is 13.4. The third-order valence-corrected chi connectivity index (χ3v) is 4.64. The Morgan fingerprint density at radius 2 is 2.11 bits per heavy atom. The summed E-state index contributed by atoms with van der Waals surface area (Å²) in [5.74, 6) is 1.01. The smallest absolute Gasteiger partial charge is 0.141 e. The number of thiol groups is 1. The molecule has 1 heterocycles. The van der Waals surface area contributed by atoms with E-state index < -0.39 is 0 Å². The van der Waals surface area contributed by atoms with Gasteiger partial charge in [-0.15, -0.1) is 0 Å². The van der Waals surface area contributed by atoms with Gasteiger partial charge in [0, 0.05) is 24.7 Å². The summed E-state index contributed by atoms with van der Waals surface area (Å²) in [5.41, 5.74) is 0.0465. The highest BCUT2D eigenvalue weighted by molar-refractivity contribution is 9.10. The van der Waals surface area contributed by atoms with Crippen molar-refractivity contribution in [1.82, 2.24) is 0 Å². The van der Waals surface area contributed by atoms with Gasteiger partial charge in [0.15, 0.2) is 0 Å². The Kier molecular flexibility index (Phi) is 4.92. The van der Waals surface area contributed by atoms with Crippen molar-refractivity contribution < 1.29 is 13.9 Å². The van der Waals surface area contributed by atoms with Gasteiger partial charge in [0.2, 0.25) is 0 Å². The first kappa shape index (κ1) is 14.2. The van der Waals surface area contributed by atoms with Crippen molar-refractivity contribution in [1.29, 1.82) is 0 Å². The lowest BCUT2D eigenvalue weighted by molar-refractivity contribution is 0.00305. The quantitative estimate of drug-likeness (QED) is 0.846. The lowest BCUT2D eigenvalue weighted by atomic mass is 9.83. The summed E-state index contributed by atoms with van der Waals surface area (Å²) in [4.78, 5) is 0. The molecule has 1 aromatic carbocycles. The monoisotopic (exact) mass is 334 g/mol. The number of hydrogen-bond donors (Lipinski definition) is 1. The highest BCUT2D eigenvalue weighted by Gasteiger charge is 2.32. The molecular formula is C13H16BrFO2S. The predicted molar refractivity (Wildman–Crippen MR) is 75.9 cm³/mol. The van der Waals surface area contributed by atoms with E-state index in [1.165, 1.54) is 6.07 Å². The van der Waals surface area contributed by atoms with Crippen LogP contribution < -0.4 is 4.74 Å². The van der Waals surface area contributed by atoms with Crippen molar-refractivity contribution in [3.05, 3.63) is 28.5 Å². The molecule has 0 bridgehead atoms. The molecule has 0 amide bonds. The van der Waals surface area contributed by atoms with E-state index >= 15 is 0 Å². The number of halogens is 2. The molecule has 18 heavy (non-hydrogen) atoms. The minimum absolute atomic E-state index is 0.0465. The Morgan fingerprint density at radius 3 is 2.72 bits per heavy atom. The molecule has 100 valence electrons. The van der Waals surface area contributed by atoms with Crippen LogP contribution in [0.2, 0.25) is 0 Å². The second kappa shape index (κ2) is 6.26. The zero-order valence-electron chi connectivity index (χ0n) is 9.99. The highest BCUT2D eigenvalue weighted by Crippen LogP contribution is 2.33. The van der Waals surface area contributed by atoms with Crippen molar-refractivity contribution in [3.8, 4) is 5.75 Å². The molecule has 1 aromatic rings. The minimum Gasteiger partial charge on any atom is -0.493 e. The van der Waals surface area contributed by atoms with Gasteiger partial charge in [-0.2, -0.15) is 12.6 Å².